The van der Waals surface area contributed by atoms with Crippen molar-refractivity contribution >= 4 is 46.3 Å². The first kappa shape index (κ1) is 32.8. The first-order valence-electron chi connectivity index (χ1n) is 13.2. The summed E-state index contributed by atoms with van der Waals surface area (Å²) >= 11 is 0. The molecular formula is C30H26ClF7N4O2. The van der Waals surface area contributed by atoms with Crippen LogP contribution in [0.15, 0.2) is 72.9 Å². The number of anilines is 3. The van der Waals surface area contributed by atoms with Crippen molar-refractivity contribution in [3.05, 3.63) is 95.4 Å². The lowest BCUT2D eigenvalue weighted by molar-refractivity contribution is -0.138. The molecule has 0 bridgehead atoms. The monoisotopic (exact) mass is 642 g/mol. The van der Waals surface area contributed by atoms with E-state index in [1.54, 1.807) is 6.07 Å². The Morgan fingerprint density at radius 3 is 2.30 bits per heavy atom. The number of pyridine rings is 1. The van der Waals surface area contributed by atoms with Crippen molar-refractivity contribution in [2.24, 2.45) is 0 Å². The van der Waals surface area contributed by atoms with Gasteiger partial charge < -0.3 is 15.0 Å². The number of para-hydroxylation sites is 1. The number of carbonyl (C=O) groups is 1. The summed E-state index contributed by atoms with van der Waals surface area (Å²) in [5, 5.41) is 3.07. The molecular weight excluding hydrogens is 617 g/mol. The number of piperazine rings is 1. The lowest BCUT2D eigenvalue weighted by Crippen LogP contribution is -2.47. The molecule has 5 rings (SSSR count). The lowest BCUT2D eigenvalue weighted by atomic mass is 10.1. The molecule has 1 N–H and O–H groups in total. The summed E-state index contributed by atoms with van der Waals surface area (Å²) in [4.78, 5) is 20.7. The van der Waals surface area contributed by atoms with Gasteiger partial charge in [0.1, 0.15) is 12.4 Å². The van der Waals surface area contributed by atoms with E-state index in [9.17, 15) is 35.5 Å². The molecule has 1 saturated heterocycles. The van der Waals surface area contributed by atoms with E-state index in [4.69, 9.17) is 4.74 Å². The van der Waals surface area contributed by atoms with Gasteiger partial charge in [0, 0.05) is 55.7 Å². The van der Waals surface area contributed by atoms with E-state index in [1.807, 2.05) is 9.80 Å². The molecule has 4 aromatic rings. The van der Waals surface area contributed by atoms with Crippen LogP contribution in [0.25, 0.3) is 10.9 Å². The van der Waals surface area contributed by atoms with Crippen LogP contribution >= 0.6 is 12.4 Å². The molecule has 14 heteroatoms. The molecule has 1 aromatic heterocycles. The second kappa shape index (κ2) is 13.3. The Morgan fingerprint density at radius 1 is 0.864 bits per heavy atom. The Morgan fingerprint density at radius 2 is 1.59 bits per heavy atom. The molecule has 0 unspecified atom stereocenters. The van der Waals surface area contributed by atoms with Crippen molar-refractivity contribution in [1.29, 1.82) is 0 Å². The van der Waals surface area contributed by atoms with Crippen LogP contribution in [0.4, 0.5) is 47.8 Å². The SMILES string of the molecule is Cl.O=C(OCCN1CCN(c2cccc(C(F)(F)F)c2)CC1)c1cc(F)ccc1Nc1ccnc2c(C(F)(F)F)cccc12. The molecule has 0 radical (unpaired) electrons. The van der Waals surface area contributed by atoms with Gasteiger partial charge in [0.25, 0.3) is 0 Å². The number of halogens is 8. The standard InChI is InChI=1S/C30H25F7N4O2.ClH/c31-20-7-8-25(39-26-9-10-38-27-22(26)5-2-6-24(27)30(35,36)37)23(18-20)28(42)43-16-15-40-11-13-41(14-12-40)21-4-1-3-19(17-21)29(32,33)34;/h1-10,17-18H,11-16H2,(H,38,39);1H. The van der Waals surface area contributed by atoms with E-state index in [2.05, 4.69) is 10.3 Å². The molecule has 1 aliphatic heterocycles. The number of nitrogens with zero attached hydrogens (tertiary/aromatic N) is 3. The van der Waals surface area contributed by atoms with Gasteiger partial charge in [0.15, 0.2) is 0 Å². The van der Waals surface area contributed by atoms with Crippen molar-refractivity contribution in [3.8, 4) is 0 Å². The number of hydrogen-bond acceptors (Lipinski definition) is 6. The van der Waals surface area contributed by atoms with Gasteiger partial charge in [-0.25, -0.2) is 9.18 Å². The second-order valence-corrected chi connectivity index (χ2v) is 9.89. The van der Waals surface area contributed by atoms with Gasteiger partial charge in [-0.1, -0.05) is 18.2 Å². The maximum atomic E-state index is 14.1. The van der Waals surface area contributed by atoms with E-state index < -0.39 is 35.3 Å². The number of aromatic nitrogens is 1. The van der Waals surface area contributed by atoms with Crippen LogP contribution in [0.3, 0.4) is 0 Å². The highest BCUT2D eigenvalue weighted by Gasteiger charge is 2.33. The number of ether oxygens (including phenoxy) is 1. The molecule has 234 valence electrons. The smallest absolute Gasteiger partial charge is 0.418 e. The Bertz CT molecular complexity index is 1620. The minimum Gasteiger partial charge on any atom is -0.461 e. The van der Waals surface area contributed by atoms with Crippen molar-refractivity contribution in [1.82, 2.24) is 9.88 Å². The molecule has 0 saturated carbocycles. The van der Waals surface area contributed by atoms with Gasteiger partial charge in [0.05, 0.1) is 27.9 Å². The molecule has 2 heterocycles. The highest BCUT2D eigenvalue weighted by molar-refractivity contribution is 6.00. The molecule has 0 spiro atoms. The molecule has 0 atom stereocenters. The van der Waals surface area contributed by atoms with E-state index >= 15 is 0 Å². The quantitative estimate of drug-likeness (QED) is 0.166. The summed E-state index contributed by atoms with van der Waals surface area (Å²) in [5.74, 6) is -1.54. The Kier molecular flexibility index (Phi) is 9.89. The van der Waals surface area contributed by atoms with Crippen LogP contribution in [0, 0.1) is 5.82 Å². The normalized spacial score (nSPS) is 14.3. The average Bonchev–Trinajstić information content (AvgIpc) is 2.97. The summed E-state index contributed by atoms with van der Waals surface area (Å²) < 4.78 is 99.2. The number of rotatable bonds is 7. The molecule has 0 amide bonds. The fraction of sp³-hybridized carbons (Fsp3) is 0.267. The number of esters is 1. The highest BCUT2D eigenvalue weighted by atomic mass is 35.5. The van der Waals surface area contributed by atoms with E-state index in [0.29, 0.717) is 38.4 Å². The van der Waals surface area contributed by atoms with Gasteiger partial charge in [-0.15, -0.1) is 12.4 Å². The Labute approximate surface area is 253 Å². The fourth-order valence-electron chi connectivity index (χ4n) is 4.91. The lowest BCUT2D eigenvalue weighted by Gasteiger charge is -2.36. The van der Waals surface area contributed by atoms with Gasteiger partial charge in [-0.2, -0.15) is 26.3 Å². The minimum absolute atomic E-state index is 0. The number of fused-ring (bicyclic) bond motifs is 1. The Hall–Kier alpha value is -4.10. The number of carbonyl (C=O) groups excluding carboxylic acids is 1. The van der Waals surface area contributed by atoms with E-state index in [-0.39, 0.29) is 46.9 Å². The number of hydrogen-bond donors (Lipinski definition) is 1. The third-order valence-corrected chi connectivity index (χ3v) is 7.10. The van der Waals surface area contributed by atoms with Crippen LogP contribution in [-0.4, -0.2) is 55.2 Å². The van der Waals surface area contributed by atoms with Gasteiger partial charge >= 0.3 is 18.3 Å². The fourth-order valence-corrected chi connectivity index (χ4v) is 4.91. The Balaban J connectivity index is 0.00000442. The summed E-state index contributed by atoms with van der Waals surface area (Å²) in [6, 6.07) is 13.6. The largest absolute Gasteiger partial charge is 0.461 e. The highest BCUT2D eigenvalue weighted by Crippen LogP contribution is 2.37. The number of nitrogens with one attached hydrogen (secondary N) is 1. The predicted octanol–water partition coefficient (Wildman–Crippen LogP) is 7.56. The van der Waals surface area contributed by atoms with E-state index in [0.717, 1.165) is 30.3 Å². The first-order chi connectivity index (χ1) is 20.4. The van der Waals surface area contributed by atoms with Crippen LogP contribution in [0.5, 0.6) is 0 Å². The molecule has 1 fully saturated rings. The van der Waals surface area contributed by atoms with Crippen molar-refractivity contribution < 1.29 is 40.3 Å². The summed E-state index contributed by atoms with van der Waals surface area (Å²) in [6.07, 6.45) is -7.85. The van der Waals surface area contributed by atoms with Gasteiger partial charge in [-0.05, 0) is 48.5 Å². The van der Waals surface area contributed by atoms with Crippen molar-refractivity contribution in [2.75, 3.05) is 49.5 Å². The van der Waals surface area contributed by atoms with Crippen LogP contribution in [-0.2, 0) is 17.1 Å². The zero-order chi connectivity index (χ0) is 30.8. The average molecular weight is 643 g/mol. The van der Waals surface area contributed by atoms with Crippen LogP contribution in [0.2, 0.25) is 0 Å². The molecule has 1 aliphatic rings. The summed E-state index contributed by atoms with van der Waals surface area (Å²) in [7, 11) is 0. The van der Waals surface area contributed by atoms with Crippen LogP contribution in [0.1, 0.15) is 21.5 Å². The minimum atomic E-state index is -4.62. The number of benzene rings is 3. The third kappa shape index (κ3) is 7.51. The summed E-state index contributed by atoms with van der Waals surface area (Å²) in [5.41, 5.74) is -1.22. The number of alkyl halides is 6. The first-order valence-corrected chi connectivity index (χ1v) is 13.2. The zero-order valence-electron chi connectivity index (χ0n) is 22.9. The second-order valence-electron chi connectivity index (χ2n) is 9.89. The van der Waals surface area contributed by atoms with Crippen molar-refractivity contribution in [3.63, 3.8) is 0 Å². The molecule has 6 nitrogen and oxygen atoms in total. The molecule has 0 aliphatic carbocycles. The topological polar surface area (TPSA) is 57.7 Å². The van der Waals surface area contributed by atoms with Gasteiger partial charge in [0.2, 0.25) is 0 Å². The molecule has 44 heavy (non-hydrogen) atoms. The molecule has 3 aromatic carbocycles. The third-order valence-electron chi connectivity index (χ3n) is 7.10. The van der Waals surface area contributed by atoms with Gasteiger partial charge in [-0.3, -0.25) is 9.88 Å². The van der Waals surface area contributed by atoms with Crippen LogP contribution < -0.4 is 10.2 Å². The maximum Gasteiger partial charge on any atom is 0.418 e. The summed E-state index contributed by atoms with van der Waals surface area (Å²) in [6.45, 7) is 2.30. The van der Waals surface area contributed by atoms with Crippen molar-refractivity contribution in [2.45, 2.75) is 12.4 Å². The van der Waals surface area contributed by atoms with E-state index in [1.165, 1.54) is 36.5 Å². The zero-order valence-corrected chi connectivity index (χ0v) is 23.7. The predicted molar refractivity (Wildman–Crippen MR) is 154 cm³/mol. The maximum absolute atomic E-state index is 14.1.